The van der Waals surface area contributed by atoms with Crippen molar-refractivity contribution in [3.63, 3.8) is 0 Å². The predicted octanol–water partition coefficient (Wildman–Crippen LogP) is 4.74. The molecule has 0 radical (unpaired) electrons. The third kappa shape index (κ3) is 4.69. The van der Waals surface area contributed by atoms with Crippen molar-refractivity contribution in [1.29, 1.82) is 0 Å². The third-order valence-corrected chi connectivity index (χ3v) is 6.81. The van der Waals surface area contributed by atoms with Crippen molar-refractivity contribution >= 4 is 32.4 Å². The van der Waals surface area contributed by atoms with E-state index in [1.165, 1.54) is 18.6 Å². The molecule has 2 aromatic carbocycles. The van der Waals surface area contributed by atoms with Crippen LogP contribution in [0.5, 0.6) is 5.75 Å². The Bertz CT molecular complexity index is 1210. The Morgan fingerprint density at radius 2 is 1.71 bits per heavy atom. The van der Waals surface area contributed by atoms with Crippen molar-refractivity contribution < 1.29 is 17.6 Å². The number of benzene rings is 2. The molecule has 1 aromatic heterocycles. The van der Waals surface area contributed by atoms with Gasteiger partial charge < -0.3 is 14.5 Å². The second-order valence-corrected chi connectivity index (χ2v) is 9.31. The Morgan fingerprint density at radius 3 is 2.42 bits per heavy atom. The molecule has 7 nitrogen and oxygen atoms in total. The molecule has 164 valence electrons. The van der Waals surface area contributed by atoms with Crippen LogP contribution >= 0.6 is 0 Å². The lowest BCUT2D eigenvalue weighted by molar-refractivity contribution is 0.340. The highest BCUT2D eigenvalue weighted by atomic mass is 32.2. The topological polar surface area (TPSA) is 97.6 Å². The van der Waals surface area contributed by atoms with Gasteiger partial charge in [-0.25, -0.2) is 13.2 Å². The maximum Gasteiger partial charge on any atom is 0.363 e. The molecule has 1 heterocycles. The number of rotatable bonds is 7. The fraction of sp³-hybridized carbons (Fsp3) is 0.348. The molecule has 1 fully saturated rings. The lowest BCUT2D eigenvalue weighted by atomic mass is 9.95. The van der Waals surface area contributed by atoms with E-state index in [-0.39, 0.29) is 16.6 Å². The van der Waals surface area contributed by atoms with Gasteiger partial charge in [0.1, 0.15) is 11.3 Å². The van der Waals surface area contributed by atoms with Crippen molar-refractivity contribution in [2.24, 2.45) is 0 Å². The van der Waals surface area contributed by atoms with Crippen molar-refractivity contribution in [2.75, 3.05) is 16.6 Å². The van der Waals surface area contributed by atoms with Crippen molar-refractivity contribution in [1.82, 2.24) is 0 Å². The Hall–Kier alpha value is -3.00. The Balaban J connectivity index is 1.74. The van der Waals surface area contributed by atoms with Crippen LogP contribution in [0.4, 0.5) is 11.4 Å². The first-order valence-electron chi connectivity index (χ1n) is 10.6. The summed E-state index contributed by atoms with van der Waals surface area (Å²) >= 11 is 0. The number of nitrogens with one attached hydrogen (secondary N) is 2. The molecule has 8 heteroatoms. The maximum absolute atomic E-state index is 13.0. The van der Waals surface area contributed by atoms with Crippen molar-refractivity contribution in [3.05, 3.63) is 59.0 Å². The largest absolute Gasteiger partial charge is 0.494 e. The van der Waals surface area contributed by atoms with Crippen LogP contribution in [-0.4, -0.2) is 21.1 Å². The van der Waals surface area contributed by atoms with Gasteiger partial charge in [-0.3, -0.25) is 4.72 Å². The molecule has 2 N–H and O–H groups in total. The minimum Gasteiger partial charge on any atom is -0.494 e. The second-order valence-electron chi connectivity index (χ2n) is 7.62. The number of hydrogen-bond acceptors (Lipinski definition) is 6. The van der Waals surface area contributed by atoms with E-state index in [1.807, 2.05) is 19.1 Å². The maximum atomic E-state index is 13.0. The van der Waals surface area contributed by atoms with Gasteiger partial charge in [-0.1, -0.05) is 31.4 Å². The van der Waals surface area contributed by atoms with E-state index >= 15 is 0 Å². The zero-order valence-corrected chi connectivity index (χ0v) is 18.2. The minimum atomic E-state index is -4.01. The van der Waals surface area contributed by atoms with Gasteiger partial charge in [0.15, 0.2) is 5.69 Å². The van der Waals surface area contributed by atoms with Crippen molar-refractivity contribution in [3.8, 4) is 5.75 Å². The summed E-state index contributed by atoms with van der Waals surface area (Å²) in [4.78, 5) is 12.8. The zero-order chi connectivity index (χ0) is 21.8. The summed E-state index contributed by atoms with van der Waals surface area (Å²) in [5.74, 6) is 0.575. The summed E-state index contributed by atoms with van der Waals surface area (Å²) in [7, 11) is -4.01. The van der Waals surface area contributed by atoms with E-state index in [0.717, 1.165) is 25.7 Å². The molecule has 4 rings (SSSR count). The molecule has 3 aromatic rings. The number of anilines is 2. The van der Waals surface area contributed by atoms with Gasteiger partial charge in [-0.15, -0.1) is 0 Å². The van der Waals surface area contributed by atoms with E-state index < -0.39 is 15.6 Å². The summed E-state index contributed by atoms with van der Waals surface area (Å²) in [5, 5.41) is 4.09. The average molecular weight is 443 g/mol. The Labute approximate surface area is 181 Å². The van der Waals surface area contributed by atoms with Crippen molar-refractivity contribution in [2.45, 2.75) is 50.0 Å². The first-order valence-corrected chi connectivity index (χ1v) is 12.0. The summed E-state index contributed by atoms with van der Waals surface area (Å²) in [6, 6.07) is 13.4. The summed E-state index contributed by atoms with van der Waals surface area (Å²) in [5.41, 5.74) is 0.0489. The van der Waals surface area contributed by atoms with E-state index in [9.17, 15) is 13.2 Å². The van der Waals surface area contributed by atoms with Gasteiger partial charge in [-0.2, -0.15) is 0 Å². The Kier molecular flexibility index (Phi) is 6.18. The summed E-state index contributed by atoms with van der Waals surface area (Å²) < 4.78 is 39.3. The molecule has 1 saturated carbocycles. The van der Waals surface area contributed by atoms with Gasteiger partial charge >= 0.3 is 5.63 Å². The fourth-order valence-corrected chi connectivity index (χ4v) is 4.98. The third-order valence-electron chi connectivity index (χ3n) is 5.45. The van der Waals surface area contributed by atoms with E-state index in [0.29, 0.717) is 29.0 Å². The normalized spacial score (nSPS) is 15.0. The van der Waals surface area contributed by atoms with Crippen LogP contribution in [-0.2, 0) is 10.0 Å². The highest BCUT2D eigenvalue weighted by Gasteiger charge is 2.24. The molecule has 0 spiro atoms. The molecule has 0 aliphatic heterocycles. The molecule has 31 heavy (non-hydrogen) atoms. The molecule has 0 unspecified atom stereocenters. The highest BCUT2D eigenvalue weighted by molar-refractivity contribution is 7.92. The molecule has 0 atom stereocenters. The molecular formula is C23H26N2O5S. The fourth-order valence-electron chi connectivity index (χ4n) is 3.92. The summed E-state index contributed by atoms with van der Waals surface area (Å²) in [6.45, 7) is 2.34. The smallest absolute Gasteiger partial charge is 0.363 e. The van der Waals surface area contributed by atoms with Gasteiger partial charge in [-0.05, 0) is 56.2 Å². The quantitative estimate of drug-likeness (QED) is 0.513. The predicted molar refractivity (Wildman–Crippen MR) is 121 cm³/mol. The van der Waals surface area contributed by atoms with Crippen LogP contribution in [0.25, 0.3) is 11.0 Å². The Morgan fingerprint density at radius 1 is 1.00 bits per heavy atom. The molecule has 0 amide bonds. The molecule has 0 bridgehead atoms. The van der Waals surface area contributed by atoms with Crippen LogP contribution in [0.15, 0.2) is 62.6 Å². The first-order chi connectivity index (χ1) is 15.0. The number of para-hydroxylation sites is 1. The van der Waals surface area contributed by atoms with Gasteiger partial charge in [0.05, 0.1) is 17.2 Å². The van der Waals surface area contributed by atoms with E-state index in [4.69, 9.17) is 9.15 Å². The molecule has 0 saturated heterocycles. The second kappa shape index (κ2) is 9.01. The van der Waals surface area contributed by atoms with Gasteiger partial charge in [0.25, 0.3) is 10.0 Å². The summed E-state index contributed by atoms with van der Waals surface area (Å²) in [6.07, 6.45) is 5.33. The van der Waals surface area contributed by atoms with Crippen LogP contribution < -0.4 is 20.4 Å². The standard InChI is InChI=1S/C23H26N2O5S/c1-2-29-17-12-14-18(15-13-17)31(27,28)25-22-21(24-16-8-4-3-5-9-16)19-10-6-7-11-20(19)30-23(22)26/h6-7,10-16,24-25H,2-5,8-9H2,1H3. The number of ether oxygens (including phenoxy) is 1. The molecule has 1 aliphatic rings. The number of fused-ring (bicyclic) bond motifs is 1. The first kappa shape index (κ1) is 21.2. The monoisotopic (exact) mass is 442 g/mol. The van der Waals surface area contributed by atoms with Crippen LogP contribution in [0.1, 0.15) is 39.0 Å². The van der Waals surface area contributed by atoms with Gasteiger partial charge in [0, 0.05) is 11.4 Å². The molecular weight excluding hydrogens is 416 g/mol. The zero-order valence-electron chi connectivity index (χ0n) is 17.4. The lowest BCUT2D eigenvalue weighted by Gasteiger charge is -2.25. The minimum absolute atomic E-state index is 0.0344. The van der Waals surface area contributed by atoms with Crippen LogP contribution in [0.3, 0.4) is 0 Å². The number of sulfonamides is 1. The van der Waals surface area contributed by atoms with E-state index in [1.54, 1.807) is 24.3 Å². The van der Waals surface area contributed by atoms with Gasteiger partial charge in [0.2, 0.25) is 0 Å². The SMILES string of the molecule is CCOc1ccc(S(=O)(=O)Nc2c(NC3CCCCC3)c3ccccc3oc2=O)cc1. The lowest BCUT2D eigenvalue weighted by Crippen LogP contribution is -2.26. The van der Waals surface area contributed by atoms with E-state index in [2.05, 4.69) is 10.0 Å². The number of hydrogen-bond donors (Lipinski definition) is 2. The molecule has 1 aliphatic carbocycles. The van der Waals surface area contributed by atoms with Crippen LogP contribution in [0.2, 0.25) is 0 Å². The highest BCUT2D eigenvalue weighted by Crippen LogP contribution is 2.33. The average Bonchev–Trinajstić information content (AvgIpc) is 2.77. The van der Waals surface area contributed by atoms with Crippen LogP contribution in [0, 0.1) is 0 Å².